The van der Waals surface area contributed by atoms with E-state index in [-0.39, 0.29) is 5.92 Å². The zero-order chi connectivity index (χ0) is 6.85. The summed E-state index contributed by atoms with van der Waals surface area (Å²) >= 11 is 0. The molecule has 0 saturated heterocycles. The summed E-state index contributed by atoms with van der Waals surface area (Å²) in [4.78, 5) is 0. The molecular formula is C7H12F2. The van der Waals surface area contributed by atoms with Crippen LogP contribution in [-0.4, -0.2) is 12.3 Å². The SMILES string of the molecule is CC1CC(F)CC[C@@H]1F. The first-order valence-electron chi connectivity index (χ1n) is 3.48. The molecule has 0 aromatic heterocycles. The molecule has 0 heterocycles. The van der Waals surface area contributed by atoms with Gasteiger partial charge in [0.15, 0.2) is 0 Å². The average molecular weight is 134 g/mol. The summed E-state index contributed by atoms with van der Waals surface area (Å²) in [6.07, 6.45) is -0.237. The van der Waals surface area contributed by atoms with E-state index in [1.165, 1.54) is 0 Å². The Morgan fingerprint density at radius 1 is 1.22 bits per heavy atom. The molecule has 2 heteroatoms. The van der Waals surface area contributed by atoms with Gasteiger partial charge in [0.05, 0.1) is 0 Å². The van der Waals surface area contributed by atoms with Gasteiger partial charge in [0.1, 0.15) is 12.3 Å². The van der Waals surface area contributed by atoms with Gasteiger partial charge >= 0.3 is 0 Å². The summed E-state index contributed by atoms with van der Waals surface area (Å²) in [5.74, 6) is -0.0613. The van der Waals surface area contributed by atoms with E-state index < -0.39 is 12.3 Å². The van der Waals surface area contributed by atoms with Crippen molar-refractivity contribution in [2.24, 2.45) is 5.92 Å². The first-order valence-corrected chi connectivity index (χ1v) is 3.48. The summed E-state index contributed by atoms with van der Waals surface area (Å²) in [5, 5.41) is 0. The molecular weight excluding hydrogens is 122 g/mol. The Morgan fingerprint density at radius 2 is 1.89 bits per heavy atom. The van der Waals surface area contributed by atoms with Crippen LogP contribution in [0.25, 0.3) is 0 Å². The number of hydrogen-bond donors (Lipinski definition) is 0. The maximum absolute atomic E-state index is 12.6. The Morgan fingerprint density at radius 3 is 2.33 bits per heavy atom. The molecule has 0 aromatic rings. The highest BCUT2D eigenvalue weighted by molar-refractivity contribution is 4.76. The van der Waals surface area contributed by atoms with Crippen LogP contribution in [0.3, 0.4) is 0 Å². The van der Waals surface area contributed by atoms with Gasteiger partial charge in [-0.2, -0.15) is 0 Å². The molecule has 0 radical (unpaired) electrons. The number of hydrogen-bond acceptors (Lipinski definition) is 0. The number of rotatable bonds is 0. The van der Waals surface area contributed by atoms with Crippen molar-refractivity contribution in [3.05, 3.63) is 0 Å². The Balaban J connectivity index is 2.35. The van der Waals surface area contributed by atoms with Gasteiger partial charge in [0.25, 0.3) is 0 Å². The lowest BCUT2D eigenvalue weighted by atomic mass is 9.88. The van der Waals surface area contributed by atoms with Gasteiger partial charge in [-0.05, 0) is 25.2 Å². The van der Waals surface area contributed by atoms with E-state index in [9.17, 15) is 8.78 Å². The second-order valence-electron chi connectivity index (χ2n) is 2.90. The Kier molecular flexibility index (Phi) is 2.04. The Hall–Kier alpha value is -0.140. The molecule has 0 amide bonds. The number of halogens is 2. The first kappa shape index (κ1) is 6.97. The minimum absolute atomic E-state index is 0.0613. The van der Waals surface area contributed by atoms with Crippen LogP contribution in [-0.2, 0) is 0 Å². The van der Waals surface area contributed by atoms with Crippen molar-refractivity contribution >= 4 is 0 Å². The van der Waals surface area contributed by atoms with Gasteiger partial charge in [-0.25, -0.2) is 8.78 Å². The topological polar surface area (TPSA) is 0 Å². The number of alkyl halides is 2. The molecule has 0 aliphatic heterocycles. The van der Waals surface area contributed by atoms with Crippen LogP contribution in [0.4, 0.5) is 8.78 Å². The third-order valence-corrected chi connectivity index (χ3v) is 2.00. The molecule has 2 unspecified atom stereocenters. The lowest BCUT2D eigenvalue weighted by Gasteiger charge is -2.24. The van der Waals surface area contributed by atoms with E-state index in [0.717, 1.165) is 0 Å². The molecule has 0 spiro atoms. The molecule has 1 fully saturated rings. The van der Waals surface area contributed by atoms with E-state index in [4.69, 9.17) is 0 Å². The van der Waals surface area contributed by atoms with Crippen LogP contribution in [0.5, 0.6) is 0 Å². The summed E-state index contributed by atoms with van der Waals surface area (Å²) in [5.41, 5.74) is 0. The van der Waals surface area contributed by atoms with Crippen molar-refractivity contribution in [1.29, 1.82) is 0 Å². The Bertz CT molecular complexity index is 92.9. The quantitative estimate of drug-likeness (QED) is 0.477. The standard InChI is InChI=1S/C7H12F2/c1-5-4-6(8)2-3-7(5)9/h5-7H,2-4H2,1H3/t5?,6?,7-/m0/s1. The molecule has 1 saturated carbocycles. The average Bonchev–Trinajstić information content (AvgIpc) is 1.80. The lowest BCUT2D eigenvalue weighted by Crippen LogP contribution is -2.24. The fraction of sp³-hybridized carbons (Fsp3) is 1.00. The zero-order valence-corrected chi connectivity index (χ0v) is 5.61. The summed E-state index contributed by atoms with van der Waals surface area (Å²) in [6.45, 7) is 1.77. The van der Waals surface area contributed by atoms with Gasteiger partial charge < -0.3 is 0 Å². The van der Waals surface area contributed by atoms with E-state index in [0.29, 0.717) is 19.3 Å². The molecule has 1 aliphatic carbocycles. The smallest absolute Gasteiger partial charge is 0.103 e. The summed E-state index contributed by atoms with van der Waals surface area (Å²) in [6, 6.07) is 0. The molecule has 0 N–H and O–H groups in total. The van der Waals surface area contributed by atoms with E-state index in [1.54, 1.807) is 6.92 Å². The monoisotopic (exact) mass is 134 g/mol. The van der Waals surface area contributed by atoms with Crippen molar-refractivity contribution in [2.45, 2.75) is 38.5 Å². The van der Waals surface area contributed by atoms with E-state index in [1.807, 2.05) is 0 Å². The highest BCUT2D eigenvalue weighted by atomic mass is 19.1. The third kappa shape index (κ3) is 1.63. The predicted octanol–water partition coefficient (Wildman–Crippen LogP) is 2.48. The largest absolute Gasteiger partial charge is 0.247 e. The third-order valence-electron chi connectivity index (χ3n) is 2.00. The van der Waals surface area contributed by atoms with Gasteiger partial charge in [-0.15, -0.1) is 0 Å². The van der Waals surface area contributed by atoms with Crippen LogP contribution in [0.15, 0.2) is 0 Å². The molecule has 9 heavy (non-hydrogen) atoms. The van der Waals surface area contributed by atoms with E-state index >= 15 is 0 Å². The van der Waals surface area contributed by atoms with Crippen LogP contribution < -0.4 is 0 Å². The van der Waals surface area contributed by atoms with Crippen molar-refractivity contribution in [2.75, 3.05) is 0 Å². The maximum Gasteiger partial charge on any atom is 0.103 e. The van der Waals surface area contributed by atoms with Crippen molar-refractivity contribution in [3.8, 4) is 0 Å². The van der Waals surface area contributed by atoms with Crippen LogP contribution >= 0.6 is 0 Å². The molecule has 3 atom stereocenters. The lowest BCUT2D eigenvalue weighted by molar-refractivity contribution is 0.114. The molecule has 1 aliphatic rings. The van der Waals surface area contributed by atoms with Crippen LogP contribution in [0.2, 0.25) is 0 Å². The van der Waals surface area contributed by atoms with Crippen LogP contribution in [0.1, 0.15) is 26.2 Å². The van der Waals surface area contributed by atoms with Crippen molar-refractivity contribution < 1.29 is 8.78 Å². The molecule has 54 valence electrons. The van der Waals surface area contributed by atoms with Crippen molar-refractivity contribution in [1.82, 2.24) is 0 Å². The molecule has 0 aromatic carbocycles. The fourth-order valence-electron chi connectivity index (χ4n) is 1.29. The zero-order valence-electron chi connectivity index (χ0n) is 5.61. The molecule has 1 rings (SSSR count). The van der Waals surface area contributed by atoms with Gasteiger partial charge in [0, 0.05) is 0 Å². The highest BCUT2D eigenvalue weighted by Crippen LogP contribution is 2.28. The van der Waals surface area contributed by atoms with Crippen LogP contribution in [0, 0.1) is 5.92 Å². The normalized spacial score (nSPS) is 45.0. The molecule has 0 bridgehead atoms. The van der Waals surface area contributed by atoms with Gasteiger partial charge in [-0.3, -0.25) is 0 Å². The summed E-state index contributed by atoms with van der Waals surface area (Å²) < 4.78 is 25.0. The maximum atomic E-state index is 12.6. The second kappa shape index (κ2) is 2.63. The minimum Gasteiger partial charge on any atom is -0.247 e. The van der Waals surface area contributed by atoms with Gasteiger partial charge in [-0.1, -0.05) is 6.92 Å². The second-order valence-corrected chi connectivity index (χ2v) is 2.90. The fourth-order valence-corrected chi connectivity index (χ4v) is 1.29. The Labute approximate surface area is 54.3 Å². The van der Waals surface area contributed by atoms with Gasteiger partial charge in [0.2, 0.25) is 0 Å². The molecule has 0 nitrogen and oxygen atoms in total. The van der Waals surface area contributed by atoms with Crippen molar-refractivity contribution in [3.63, 3.8) is 0 Å². The highest BCUT2D eigenvalue weighted by Gasteiger charge is 2.26. The minimum atomic E-state index is -0.753. The van der Waals surface area contributed by atoms with E-state index in [2.05, 4.69) is 0 Å². The first-order chi connectivity index (χ1) is 4.20. The predicted molar refractivity (Wildman–Crippen MR) is 32.8 cm³/mol. The summed E-state index contributed by atoms with van der Waals surface area (Å²) in [7, 11) is 0.